The Morgan fingerprint density at radius 2 is 2.00 bits per heavy atom. The van der Waals surface area contributed by atoms with Crippen LogP contribution < -0.4 is 15.4 Å². The fraction of sp³-hybridized carbons (Fsp3) is 0.588. The van der Waals surface area contributed by atoms with Crippen LogP contribution in [0.15, 0.2) is 17.3 Å². The highest BCUT2D eigenvalue weighted by atomic mass is 35.5. The van der Waals surface area contributed by atoms with E-state index in [0.717, 1.165) is 6.07 Å². The van der Waals surface area contributed by atoms with Gasteiger partial charge in [-0.3, -0.25) is 9.79 Å². The molecule has 1 aromatic rings. The molecule has 1 amide bonds. The molecule has 2 N–H and O–H groups in total. The largest absolute Gasteiger partial charge is 0.475 e. The van der Waals surface area contributed by atoms with E-state index in [9.17, 15) is 18.0 Å². The molecule has 11 heteroatoms. The predicted molar refractivity (Wildman–Crippen MR) is 102 cm³/mol. The molecular formula is C17H25ClF3N5O2. The second kappa shape index (κ2) is 9.81. The van der Waals surface area contributed by atoms with Gasteiger partial charge in [0.15, 0.2) is 5.96 Å². The van der Waals surface area contributed by atoms with Gasteiger partial charge in [-0.2, -0.15) is 13.2 Å². The number of likely N-dealkylation sites (N-methyl/N-ethyl adjacent to an activating group) is 1. The minimum atomic E-state index is -4.52. The van der Waals surface area contributed by atoms with E-state index in [1.807, 2.05) is 20.8 Å². The fourth-order valence-electron chi connectivity index (χ4n) is 2.13. The van der Waals surface area contributed by atoms with Crippen molar-refractivity contribution in [2.24, 2.45) is 4.99 Å². The number of nitrogens with zero attached hydrogens (tertiary/aromatic N) is 3. The lowest BCUT2D eigenvalue weighted by molar-refractivity contribution is -0.137. The third-order valence-corrected chi connectivity index (χ3v) is 3.50. The first kappa shape index (κ1) is 23.8. The van der Waals surface area contributed by atoms with Gasteiger partial charge in [0.25, 0.3) is 0 Å². The third-order valence-electron chi connectivity index (χ3n) is 3.23. The van der Waals surface area contributed by atoms with Gasteiger partial charge in [0.05, 0.1) is 18.7 Å². The summed E-state index contributed by atoms with van der Waals surface area (Å²) in [4.78, 5) is 21.3. The van der Waals surface area contributed by atoms with Crippen LogP contribution in [0.4, 0.5) is 13.2 Å². The van der Waals surface area contributed by atoms with Crippen LogP contribution >= 0.6 is 11.6 Å². The third kappa shape index (κ3) is 8.20. The van der Waals surface area contributed by atoms with Crippen molar-refractivity contribution in [3.8, 4) is 5.88 Å². The number of aromatic nitrogens is 1. The predicted octanol–water partition coefficient (Wildman–Crippen LogP) is 2.55. The van der Waals surface area contributed by atoms with E-state index in [1.54, 1.807) is 19.0 Å². The highest BCUT2D eigenvalue weighted by molar-refractivity contribution is 6.31. The first-order valence-electron chi connectivity index (χ1n) is 8.42. The summed E-state index contributed by atoms with van der Waals surface area (Å²) in [5.41, 5.74) is -1.28. The van der Waals surface area contributed by atoms with Crippen molar-refractivity contribution >= 4 is 23.5 Å². The summed E-state index contributed by atoms with van der Waals surface area (Å²) in [6.07, 6.45) is -3.86. The standard InChI is InChI=1S/C17H25ClF3N5O2/c1-16(2,3)25-13(27)10-26(5)15(22-4)23-6-7-28-14-12(18)8-11(9-24-14)17(19,20)21/h8-9H,6-7,10H2,1-5H3,(H,22,23)(H,25,27). The van der Waals surface area contributed by atoms with E-state index >= 15 is 0 Å². The van der Waals surface area contributed by atoms with Crippen LogP contribution in [0.25, 0.3) is 0 Å². The number of ether oxygens (including phenoxy) is 1. The monoisotopic (exact) mass is 423 g/mol. The molecule has 0 unspecified atom stereocenters. The van der Waals surface area contributed by atoms with Gasteiger partial charge >= 0.3 is 6.18 Å². The van der Waals surface area contributed by atoms with Gasteiger partial charge in [0.1, 0.15) is 11.6 Å². The Labute approximate surface area is 167 Å². The lowest BCUT2D eigenvalue weighted by Crippen LogP contribution is -2.49. The van der Waals surface area contributed by atoms with Crippen molar-refractivity contribution in [3.63, 3.8) is 0 Å². The Hall–Kier alpha value is -2.23. The van der Waals surface area contributed by atoms with Gasteiger partial charge < -0.3 is 20.3 Å². The molecule has 0 radical (unpaired) electrons. The summed E-state index contributed by atoms with van der Waals surface area (Å²) in [5.74, 6) is 0.207. The van der Waals surface area contributed by atoms with E-state index in [0.29, 0.717) is 12.2 Å². The molecule has 7 nitrogen and oxygen atoms in total. The molecule has 0 bridgehead atoms. The van der Waals surface area contributed by atoms with Crippen molar-refractivity contribution in [1.29, 1.82) is 0 Å². The molecule has 1 heterocycles. The maximum atomic E-state index is 12.6. The lowest BCUT2D eigenvalue weighted by atomic mass is 10.1. The number of halogens is 4. The number of hydrogen-bond donors (Lipinski definition) is 2. The molecular weight excluding hydrogens is 399 g/mol. The highest BCUT2D eigenvalue weighted by Crippen LogP contribution is 2.32. The maximum Gasteiger partial charge on any atom is 0.417 e. The van der Waals surface area contributed by atoms with Crippen LogP contribution in [0.2, 0.25) is 5.02 Å². The number of carbonyl (C=O) groups excluding carboxylic acids is 1. The fourth-order valence-corrected chi connectivity index (χ4v) is 2.35. The zero-order chi connectivity index (χ0) is 21.5. The van der Waals surface area contributed by atoms with Crippen LogP contribution in [-0.2, 0) is 11.0 Å². The van der Waals surface area contributed by atoms with E-state index < -0.39 is 11.7 Å². The van der Waals surface area contributed by atoms with Gasteiger partial charge in [-0.25, -0.2) is 4.98 Å². The molecule has 0 spiro atoms. The van der Waals surface area contributed by atoms with E-state index in [2.05, 4.69) is 20.6 Å². The molecule has 0 fully saturated rings. The lowest BCUT2D eigenvalue weighted by Gasteiger charge is -2.25. The van der Waals surface area contributed by atoms with Gasteiger partial charge in [-0.1, -0.05) is 11.6 Å². The Balaban J connectivity index is 2.50. The zero-order valence-electron chi connectivity index (χ0n) is 16.4. The van der Waals surface area contributed by atoms with Crippen LogP contribution in [0.5, 0.6) is 5.88 Å². The molecule has 1 aromatic heterocycles. The topological polar surface area (TPSA) is 78.9 Å². The smallest absolute Gasteiger partial charge is 0.417 e. The summed E-state index contributed by atoms with van der Waals surface area (Å²) in [5, 5.41) is 5.60. The first-order chi connectivity index (χ1) is 12.8. The molecule has 158 valence electrons. The molecule has 0 aliphatic heterocycles. The SMILES string of the molecule is CN=C(NCCOc1ncc(C(F)(F)F)cc1Cl)N(C)CC(=O)NC(C)(C)C. The van der Waals surface area contributed by atoms with E-state index in [4.69, 9.17) is 16.3 Å². The number of nitrogens with one attached hydrogen (secondary N) is 2. The average molecular weight is 424 g/mol. The average Bonchev–Trinajstić information content (AvgIpc) is 2.53. The molecule has 28 heavy (non-hydrogen) atoms. The van der Waals surface area contributed by atoms with Crippen LogP contribution in [0.1, 0.15) is 26.3 Å². The molecule has 0 saturated carbocycles. The minimum absolute atomic E-state index is 0.0825. The normalized spacial score (nSPS) is 12.5. The number of aliphatic imine (C=N–C) groups is 1. The first-order valence-corrected chi connectivity index (χ1v) is 8.79. The van der Waals surface area contributed by atoms with E-state index in [1.165, 1.54) is 0 Å². The second-order valence-electron chi connectivity index (χ2n) is 6.99. The summed E-state index contributed by atoms with van der Waals surface area (Å²) in [6.45, 7) is 6.11. The van der Waals surface area contributed by atoms with Crippen molar-refractivity contribution < 1.29 is 22.7 Å². The molecule has 0 aliphatic carbocycles. The molecule has 0 saturated heterocycles. The van der Waals surface area contributed by atoms with Gasteiger partial charge in [-0.15, -0.1) is 0 Å². The zero-order valence-corrected chi connectivity index (χ0v) is 17.2. The van der Waals surface area contributed by atoms with Gasteiger partial charge in [-0.05, 0) is 26.8 Å². The minimum Gasteiger partial charge on any atom is -0.475 e. The van der Waals surface area contributed by atoms with Crippen LogP contribution in [0, 0.1) is 0 Å². The maximum absolute atomic E-state index is 12.6. The molecule has 1 rings (SSSR count). The number of amides is 1. The van der Waals surface area contributed by atoms with Crippen molar-refractivity contribution in [2.75, 3.05) is 33.8 Å². The second-order valence-corrected chi connectivity index (χ2v) is 7.39. The van der Waals surface area contributed by atoms with Crippen LogP contribution in [-0.4, -0.2) is 61.1 Å². The molecule has 0 aliphatic rings. The van der Waals surface area contributed by atoms with E-state index in [-0.39, 0.29) is 42.0 Å². The molecule has 0 atom stereocenters. The van der Waals surface area contributed by atoms with Crippen molar-refractivity contribution in [1.82, 2.24) is 20.5 Å². The summed E-state index contributed by atoms with van der Waals surface area (Å²) >= 11 is 5.78. The van der Waals surface area contributed by atoms with Gasteiger partial charge in [0, 0.05) is 25.8 Å². The Bertz CT molecular complexity index is 705. The summed E-state index contributed by atoms with van der Waals surface area (Å²) in [7, 11) is 3.27. The quantitative estimate of drug-likeness (QED) is 0.417. The number of guanidine groups is 1. The Morgan fingerprint density at radius 3 is 2.50 bits per heavy atom. The Kier molecular flexibility index (Phi) is 8.34. The van der Waals surface area contributed by atoms with Crippen molar-refractivity contribution in [3.05, 3.63) is 22.8 Å². The van der Waals surface area contributed by atoms with Gasteiger partial charge in [0.2, 0.25) is 11.8 Å². The van der Waals surface area contributed by atoms with Crippen molar-refractivity contribution in [2.45, 2.75) is 32.5 Å². The number of hydrogen-bond acceptors (Lipinski definition) is 4. The summed E-state index contributed by atoms with van der Waals surface area (Å²) < 4.78 is 43.1. The highest BCUT2D eigenvalue weighted by Gasteiger charge is 2.31. The number of rotatable bonds is 6. The van der Waals surface area contributed by atoms with Crippen LogP contribution in [0.3, 0.4) is 0 Å². The Morgan fingerprint density at radius 1 is 1.36 bits per heavy atom. The number of carbonyl (C=O) groups is 1. The number of pyridine rings is 1. The number of alkyl halides is 3. The summed E-state index contributed by atoms with van der Waals surface area (Å²) in [6, 6.07) is 0.762. The molecule has 0 aromatic carbocycles.